The molecule has 4 aromatic rings. The van der Waals surface area contributed by atoms with Crippen molar-refractivity contribution in [3.8, 4) is 0 Å². The summed E-state index contributed by atoms with van der Waals surface area (Å²) in [6, 6.07) is 19.8. The Bertz CT molecular complexity index is 1560. The van der Waals surface area contributed by atoms with Crippen LogP contribution in [-0.4, -0.2) is 75.3 Å². The lowest BCUT2D eigenvalue weighted by molar-refractivity contribution is -0.137. The lowest BCUT2D eigenvalue weighted by Gasteiger charge is -2.46. The van der Waals surface area contributed by atoms with E-state index in [9.17, 15) is 39.6 Å². The summed E-state index contributed by atoms with van der Waals surface area (Å²) in [6.07, 6.45) is -1.26. The second-order valence-corrected chi connectivity index (χ2v) is 11.8. The first-order valence-electron chi connectivity index (χ1n) is 15.0. The first-order chi connectivity index (χ1) is 22.7. The lowest BCUT2D eigenvalue weighted by Crippen LogP contribution is -2.70. The smallest absolute Gasteiger partial charge is 0.309 e. The zero-order valence-electron chi connectivity index (χ0n) is 26.0. The Balaban J connectivity index is 1.87. The van der Waals surface area contributed by atoms with E-state index in [-0.39, 0.29) is 51.4 Å². The molecule has 4 rings (SSSR count). The standard InChI is InChI=1S/C34H36N6O8/c35-33(17-25-9-1-5-21(37-25)13-29(41)42,18-26-10-2-6-22(38-26)14-30(43)44)34(36,19-27-11-3-7-23(39-27)15-31(45)46)20-28-12-4-8-24(40-28)16-32(47)48/h1-12H,13-20,35-36H2,(H,41,42)(H,43,44)(H,45,46)(H,47,48). The highest BCUT2D eigenvalue weighted by Crippen LogP contribution is 2.32. The molecule has 0 saturated carbocycles. The summed E-state index contributed by atoms with van der Waals surface area (Å²) in [4.78, 5) is 64.0. The van der Waals surface area contributed by atoms with Gasteiger partial charge in [-0.15, -0.1) is 0 Å². The van der Waals surface area contributed by atoms with Crippen molar-refractivity contribution >= 4 is 23.9 Å². The molecule has 0 aliphatic carbocycles. The van der Waals surface area contributed by atoms with Crippen LogP contribution < -0.4 is 11.5 Å². The number of carboxylic acid groups (broad SMARTS) is 4. The van der Waals surface area contributed by atoms with E-state index in [0.717, 1.165) is 0 Å². The monoisotopic (exact) mass is 656 g/mol. The summed E-state index contributed by atoms with van der Waals surface area (Å²) in [5.41, 5.74) is 14.8. The minimum atomic E-state index is -1.45. The Labute approximate surface area is 275 Å². The van der Waals surface area contributed by atoms with E-state index in [4.69, 9.17) is 11.5 Å². The van der Waals surface area contributed by atoms with Gasteiger partial charge in [0, 0.05) is 59.5 Å². The number of carbonyl (C=O) groups is 4. The fourth-order valence-corrected chi connectivity index (χ4v) is 5.65. The maximum absolute atomic E-state index is 11.4. The average Bonchev–Trinajstić information content (AvgIpc) is 2.96. The van der Waals surface area contributed by atoms with E-state index in [1.54, 1.807) is 72.8 Å². The number of hydrogen-bond acceptors (Lipinski definition) is 10. The van der Waals surface area contributed by atoms with Gasteiger partial charge in [0.25, 0.3) is 0 Å². The molecule has 0 amide bonds. The van der Waals surface area contributed by atoms with Gasteiger partial charge in [-0.1, -0.05) is 24.3 Å². The molecule has 14 nitrogen and oxygen atoms in total. The zero-order chi connectivity index (χ0) is 34.9. The number of nitrogens with two attached hydrogens (primary N) is 2. The summed E-state index contributed by atoms with van der Waals surface area (Å²) in [5.74, 6) is -4.26. The summed E-state index contributed by atoms with van der Waals surface area (Å²) in [5, 5.41) is 37.5. The van der Waals surface area contributed by atoms with Gasteiger partial charge in [0.15, 0.2) is 0 Å². The molecule has 14 heteroatoms. The van der Waals surface area contributed by atoms with Crippen LogP contribution in [0.1, 0.15) is 45.6 Å². The summed E-state index contributed by atoms with van der Waals surface area (Å²) in [7, 11) is 0. The molecule has 0 fully saturated rings. The van der Waals surface area contributed by atoms with Crippen molar-refractivity contribution in [1.29, 1.82) is 0 Å². The molecule has 0 atom stereocenters. The molecule has 0 saturated heterocycles. The third-order valence-electron chi connectivity index (χ3n) is 7.76. The second kappa shape index (κ2) is 15.3. The average molecular weight is 657 g/mol. The SMILES string of the molecule is NC(Cc1cccc(CC(=O)O)n1)(Cc1cccc(CC(=O)O)n1)C(N)(Cc1cccc(CC(=O)O)n1)Cc1cccc(CC(=O)O)n1. The molecule has 0 spiro atoms. The van der Waals surface area contributed by atoms with Crippen molar-refractivity contribution in [1.82, 2.24) is 19.9 Å². The van der Waals surface area contributed by atoms with Crippen LogP contribution in [0.2, 0.25) is 0 Å². The quantitative estimate of drug-likeness (QED) is 0.0941. The Kier molecular flexibility index (Phi) is 11.3. The van der Waals surface area contributed by atoms with Crippen LogP contribution in [0.15, 0.2) is 72.8 Å². The molecule has 48 heavy (non-hydrogen) atoms. The van der Waals surface area contributed by atoms with Crippen LogP contribution in [0.25, 0.3) is 0 Å². The maximum Gasteiger partial charge on any atom is 0.309 e. The van der Waals surface area contributed by atoms with Crippen LogP contribution in [-0.2, 0) is 70.5 Å². The van der Waals surface area contributed by atoms with Gasteiger partial charge in [0.1, 0.15) is 0 Å². The fourth-order valence-electron chi connectivity index (χ4n) is 5.65. The number of aromatic nitrogens is 4. The van der Waals surface area contributed by atoms with Crippen molar-refractivity contribution in [2.24, 2.45) is 11.5 Å². The molecule has 0 aromatic carbocycles. The number of aliphatic carboxylic acids is 4. The molecule has 4 heterocycles. The van der Waals surface area contributed by atoms with Gasteiger partial charge in [-0.3, -0.25) is 39.1 Å². The van der Waals surface area contributed by atoms with Crippen molar-refractivity contribution < 1.29 is 39.6 Å². The van der Waals surface area contributed by atoms with Crippen LogP contribution in [0.3, 0.4) is 0 Å². The molecule has 250 valence electrons. The number of hydrogen-bond donors (Lipinski definition) is 6. The first kappa shape index (κ1) is 35.3. The van der Waals surface area contributed by atoms with Gasteiger partial charge in [-0.05, 0) is 48.5 Å². The Morgan fingerprint density at radius 2 is 0.604 bits per heavy atom. The van der Waals surface area contributed by atoms with Gasteiger partial charge in [-0.25, -0.2) is 0 Å². The predicted octanol–water partition coefficient (Wildman–Crippen LogP) is 1.44. The summed E-state index contributed by atoms with van der Waals surface area (Å²) >= 11 is 0. The van der Waals surface area contributed by atoms with E-state index >= 15 is 0 Å². The highest BCUT2D eigenvalue weighted by molar-refractivity contribution is 5.70. The van der Waals surface area contributed by atoms with Crippen LogP contribution in [0.5, 0.6) is 0 Å². The minimum Gasteiger partial charge on any atom is -0.481 e. The fraction of sp³-hybridized carbons (Fsp3) is 0.294. The topological polar surface area (TPSA) is 253 Å². The van der Waals surface area contributed by atoms with Crippen molar-refractivity contribution in [2.75, 3.05) is 0 Å². The van der Waals surface area contributed by atoms with Crippen LogP contribution in [0.4, 0.5) is 0 Å². The maximum atomic E-state index is 11.4. The van der Waals surface area contributed by atoms with Gasteiger partial charge in [0.2, 0.25) is 0 Å². The van der Waals surface area contributed by atoms with Crippen LogP contribution in [0, 0.1) is 0 Å². The molecule has 0 aliphatic heterocycles. The largest absolute Gasteiger partial charge is 0.481 e. The van der Waals surface area contributed by atoms with E-state index in [1.807, 2.05) is 0 Å². The van der Waals surface area contributed by atoms with Gasteiger partial charge < -0.3 is 31.9 Å². The number of pyridine rings is 4. The third kappa shape index (κ3) is 9.95. The molecule has 0 radical (unpaired) electrons. The first-order valence-corrected chi connectivity index (χ1v) is 15.0. The van der Waals surface area contributed by atoms with Gasteiger partial charge in [-0.2, -0.15) is 0 Å². The highest BCUT2D eigenvalue weighted by atomic mass is 16.4. The molecule has 0 unspecified atom stereocenters. The Morgan fingerprint density at radius 1 is 0.417 bits per heavy atom. The molecular weight excluding hydrogens is 620 g/mol. The molecule has 4 aromatic heterocycles. The molecule has 0 bridgehead atoms. The predicted molar refractivity (Wildman–Crippen MR) is 171 cm³/mol. The number of carboxylic acids is 4. The van der Waals surface area contributed by atoms with Crippen molar-refractivity contribution in [3.63, 3.8) is 0 Å². The van der Waals surface area contributed by atoms with Gasteiger partial charge in [0.05, 0.1) is 48.5 Å². The van der Waals surface area contributed by atoms with E-state index in [2.05, 4.69) is 19.9 Å². The van der Waals surface area contributed by atoms with Gasteiger partial charge >= 0.3 is 23.9 Å². The Hall–Kier alpha value is -5.60. The highest BCUT2D eigenvalue weighted by Gasteiger charge is 2.47. The normalized spacial score (nSPS) is 11.6. The van der Waals surface area contributed by atoms with E-state index in [0.29, 0.717) is 45.6 Å². The minimum absolute atomic E-state index is 0.00539. The molecule has 0 aliphatic rings. The summed E-state index contributed by atoms with van der Waals surface area (Å²) < 4.78 is 0. The van der Waals surface area contributed by atoms with E-state index in [1.165, 1.54) is 0 Å². The van der Waals surface area contributed by atoms with Crippen molar-refractivity contribution in [3.05, 3.63) is 118 Å². The third-order valence-corrected chi connectivity index (χ3v) is 7.76. The lowest BCUT2D eigenvalue weighted by atomic mass is 9.67. The number of rotatable bonds is 17. The zero-order valence-corrected chi connectivity index (χ0v) is 26.0. The molecular formula is C34H36N6O8. The van der Waals surface area contributed by atoms with E-state index < -0.39 is 35.0 Å². The Morgan fingerprint density at radius 3 is 0.792 bits per heavy atom. The molecule has 8 N–H and O–H groups in total. The van der Waals surface area contributed by atoms with Crippen molar-refractivity contribution in [2.45, 2.75) is 62.4 Å². The number of nitrogens with zero attached hydrogens (tertiary/aromatic N) is 4. The summed E-state index contributed by atoms with van der Waals surface area (Å²) in [6.45, 7) is 0. The second-order valence-electron chi connectivity index (χ2n) is 11.8. The van der Waals surface area contributed by atoms with Crippen LogP contribution >= 0.6 is 0 Å².